The summed E-state index contributed by atoms with van der Waals surface area (Å²) in [6, 6.07) is 18.8. The van der Waals surface area contributed by atoms with E-state index in [1.54, 1.807) is 0 Å². The monoisotopic (exact) mass is 407 g/mol. The third-order valence-electron chi connectivity index (χ3n) is 5.93. The molecule has 5 aromatic rings. The average molecular weight is 407 g/mol. The van der Waals surface area contributed by atoms with E-state index in [1.165, 1.54) is 29.8 Å². The van der Waals surface area contributed by atoms with Gasteiger partial charge in [0.1, 0.15) is 11.3 Å². The van der Waals surface area contributed by atoms with Crippen molar-refractivity contribution in [3.63, 3.8) is 0 Å². The van der Waals surface area contributed by atoms with Gasteiger partial charge in [-0.3, -0.25) is 0 Å². The molecule has 0 radical (unpaired) electrons. The van der Waals surface area contributed by atoms with E-state index in [2.05, 4.69) is 67.4 Å². The van der Waals surface area contributed by atoms with Crippen LogP contribution in [-0.2, 0) is 6.54 Å². The van der Waals surface area contributed by atoms with Crippen LogP contribution in [0.15, 0.2) is 60.8 Å². The van der Waals surface area contributed by atoms with Gasteiger partial charge in [-0.05, 0) is 53.3 Å². The van der Waals surface area contributed by atoms with Crippen molar-refractivity contribution in [2.24, 2.45) is 0 Å². The largest absolute Gasteiger partial charge is 0.308 e. The van der Waals surface area contributed by atoms with Gasteiger partial charge in [-0.25, -0.2) is 9.97 Å². The first-order valence-corrected chi connectivity index (χ1v) is 10.5. The predicted molar refractivity (Wildman–Crippen MR) is 118 cm³/mol. The Balaban J connectivity index is 1.36. The molecule has 6 rings (SSSR count). The Hall–Kier alpha value is -3.87. The maximum absolute atomic E-state index is 4.95. The zero-order valence-corrected chi connectivity index (χ0v) is 17.2. The van der Waals surface area contributed by atoms with E-state index in [0.717, 1.165) is 34.4 Å². The minimum absolute atomic E-state index is 0.565. The standard InChI is InChI=1S/C24H21N7/c1-15-12-13-25-24-21(15)26-23(18-10-11-18)31(24)14-16-6-8-17(9-7-16)19-4-2-3-5-20(19)22-27-29-30-28-22/h2-9,12-13,18H,10-11,14H2,1H3,(H,27,28,29,30). The summed E-state index contributed by atoms with van der Waals surface area (Å²) >= 11 is 0. The normalized spacial score (nSPS) is 13.7. The second kappa shape index (κ2) is 7.12. The molecule has 0 spiro atoms. The van der Waals surface area contributed by atoms with Crippen LogP contribution in [0.3, 0.4) is 0 Å². The minimum Gasteiger partial charge on any atom is -0.308 e. The molecule has 1 N–H and O–H groups in total. The number of aromatic nitrogens is 7. The highest BCUT2D eigenvalue weighted by atomic mass is 15.5. The fourth-order valence-electron chi connectivity index (χ4n) is 4.14. The molecule has 0 bridgehead atoms. The molecule has 1 aliphatic rings. The first-order chi connectivity index (χ1) is 15.3. The summed E-state index contributed by atoms with van der Waals surface area (Å²) in [5.41, 5.74) is 7.57. The Labute approximate surface area is 179 Å². The van der Waals surface area contributed by atoms with E-state index < -0.39 is 0 Å². The molecule has 3 heterocycles. The molecule has 1 saturated carbocycles. The van der Waals surface area contributed by atoms with Gasteiger partial charge < -0.3 is 4.57 Å². The summed E-state index contributed by atoms with van der Waals surface area (Å²) in [7, 11) is 0. The highest BCUT2D eigenvalue weighted by Gasteiger charge is 2.30. The summed E-state index contributed by atoms with van der Waals surface area (Å²) in [6.07, 6.45) is 4.31. The van der Waals surface area contributed by atoms with Crippen molar-refractivity contribution in [3.8, 4) is 22.5 Å². The number of pyridine rings is 1. The maximum Gasteiger partial charge on any atom is 0.205 e. The number of aromatic amines is 1. The van der Waals surface area contributed by atoms with Crippen LogP contribution in [0.2, 0.25) is 0 Å². The average Bonchev–Trinajstić information content (AvgIpc) is 3.36. The molecule has 0 aliphatic heterocycles. The molecule has 0 amide bonds. The number of nitrogens with one attached hydrogen (secondary N) is 1. The molecule has 1 aliphatic carbocycles. The van der Waals surface area contributed by atoms with Crippen molar-refractivity contribution in [2.45, 2.75) is 32.2 Å². The Bertz CT molecular complexity index is 1360. The number of fused-ring (bicyclic) bond motifs is 1. The Morgan fingerprint density at radius 2 is 1.81 bits per heavy atom. The second-order valence-electron chi connectivity index (χ2n) is 8.11. The maximum atomic E-state index is 4.95. The zero-order valence-electron chi connectivity index (χ0n) is 17.2. The van der Waals surface area contributed by atoms with Crippen molar-refractivity contribution in [2.75, 3.05) is 0 Å². The van der Waals surface area contributed by atoms with Gasteiger partial charge in [-0.15, -0.1) is 10.2 Å². The molecule has 0 atom stereocenters. The molecule has 3 aromatic heterocycles. The molecule has 0 saturated heterocycles. The van der Waals surface area contributed by atoms with Crippen LogP contribution >= 0.6 is 0 Å². The summed E-state index contributed by atoms with van der Waals surface area (Å²) in [6.45, 7) is 2.87. The number of tetrazole rings is 1. The number of aryl methyl sites for hydroxylation is 1. The lowest BCUT2D eigenvalue weighted by Crippen LogP contribution is -2.05. The minimum atomic E-state index is 0.565. The van der Waals surface area contributed by atoms with E-state index >= 15 is 0 Å². The first kappa shape index (κ1) is 17.9. The van der Waals surface area contributed by atoms with Gasteiger partial charge in [-0.2, -0.15) is 5.21 Å². The fraction of sp³-hybridized carbons (Fsp3) is 0.208. The lowest BCUT2D eigenvalue weighted by Gasteiger charge is -2.11. The van der Waals surface area contributed by atoms with E-state index in [0.29, 0.717) is 11.7 Å². The SMILES string of the molecule is Cc1ccnc2c1nc(C1CC1)n2Cc1ccc(-c2ccccc2-c2nn[nH]n2)cc1. The van der Waals surface area contributed by atoms with Gasteiger partial charge >= 0.3 is 0 Å². The van der Waals surface area contributed by atoms with E-state index in [4.69, 9.17) is 4.98 Å². The van der Waals surface area contributed by atoms with Crippen molar-refractivity contribution in [1.29, 1.82) is 0 Å². The van der Waals surface area contributed by atoms with Gasteiger partial charge in [0.15, 0.2) is 5.65 Å². The van der Waals surface area contributed by atoms with Crippen LogP contribution in [0.1, 0.15) is 35.7 Å². The van der Waals surface area contributed by atoms with Crippen LogP contribution < -0.4 is 0 Å². The first-order valence-electron chi connectivity index (χ1n) is 10.5. The van der Waals surface area contributed by atoms with E-state index in [-0.39, 0.29) is 0 Å². The summed E-state index contributed by atoms with van der Waals surface area (Å²) in [5, 5.41) is 14.5. The number of hydrogen-bond donors (Lipinski definition) is 1. The van der Waals surface area contributed by atoms with Crippen LogP contribution in [-0.4, -0.2) is 35.2 Å². The highest BCUT2D eigenvalue weighted by molar-refractivity contribution is 5.80. The van der Waals surface area contributed by atoms with Gasteiger partial charge in [0.05, 0.1) is 6.54 Å². The van der Waals surface area contributed by atoms with Crippen molar-refractivity contribution in [3.05, 3.63) is 77.7 Å². The highest BCUT2D eigenvalue weighted by Crippen LogP contribution is 2.41. The fourth-order valence-corrected chi connectivity index (χ4v) is 4.14. The third kappa shape index (κ3) is 3.18. The Morgan fingerprint density at radius 1 is 1.00 bits per heavy atom. The van der Waals surface area contributed by atoms with Gasteiger partial charge in [0.25, 0.3) is 0 Å². The molecule has 2 aromatic carbocycles. The molecule has 7 nitrogen and oxygen atoms in total. The van der Waals surface area contributed by atoms with E-state index in [9.17, 15) is 0 Å². The van der Waals surface area contributed by atoms with Crippen LogP contribution in [0.4, 0.5) is 0 Å². The smallest absolute Gasteiger partial charge is 0.205 e. The lowest BCUT2D eigenvalue weighted by molar-refractivity contribution is 0.740. The molecule has 1 fully saturated rings. The van der Waals surface area contributed by atoms with Gasteiger partial charge in [0.2, 0.25) is 5.82 Å². The lowest BCUT2D eigenvalue weighted by atomic mass is 9.98. The summed E-state index contributed by atoms with van der Waals surface area (Å²) in [4.78, 5) is 9.61. The number of benzene rings is 2. The second-order valence-corrected chi connectivity index (χ2v) is 8.11. The number of imidazole rings is 1. The van der Waals surface area contributed by atoms with Crippen LogP contribution in [0.25, 0.3) is 33.7 Å². The quantitative estimate of drug-likeness (QED) is 0.463. The predicted octanol–water partition coefficient (Wildman–Crippen LogP) is 4.51. The van der Waals surface area contributed by atoms with Crippen molar-refractivity contribution < 1.29 is 0 Å². The third-order valence-corrected chi connectivity index (χ3v) is 5.93. The number of nitrogens with zero attached hydrogens (tertiary/aromatic N) is 6. The van der Waals surface area contributed by atoms with Crippen LogP contribution in [0.5, 0.6) is 0 Å². The molecule has 31 heavy (non-hydrogen) atoms. The number of rotatable bonds is 5. The Morgan fingerprint density at radius 3 is 2.55 bits per heavy atom. The van der Waals surface area contributed by atoms with Gasteiger partial charge in [0, 0.05) is 17.7 Å². The van der Waals surface area contributed by atoms with Gasteiger partial charge in [-0.1, -0.05) is 48.5 Å². The Kier molecular flexibility index (Phi) is 4.12. The molecule has 152 valence electrons. The summed E-state index contributed by atoms with van der Waals surface area (Å²) < 4.78 is 2.29. The van der Waals surface area contributed by atoms with Crippen molar-refractivity contribution in [1.82, 2.24) is 35.2 Å². The topological polar surface area (TPSA) is 85.2 Å². The number of H-pyrrole nitrogens is 1. The zero-order chi connectivity index (χ0) is 20.8. The molecule has 7 heteroatoms. The van der Waals surface area contributed by atoms with Crippen molar-refractivity contribution >= 4 is 11.2 Å². The molecular weight excluding hydrogens is 386 g/mol. The summed E-state index contributed by atoms with van der Waals surface area (Å²) in [5.74, 6) is 2.33. The number of hydrogen-bond acceptors (Lipinski definition) is 5. The van der Waals surface area contributed by atoms with Crippen LogP contribution in [0, 0.1) is 6.92 Å². The molecular formula is C24H21N7. The molecule has 0 unspecified atom stereocenters. The van der Waals surface area contributed by atoms with E-state index in [1.807, 2.05) is 30.5 Å².